The summed E-state index contributed by atoms with van der Waals surface area (Å²) in [7, 11) is 1.53. The molecular weight excluding hydrogens is 486 g/mol. The number of halogens is 1. The molecule has 0 radical (unpaired) electrons. The Morgan fingerprint density at radius 2 is 1.94 bits per heavy atom. The van der Waals surface area contributed by atoms with Crippen molar-refractivity contribution in [1.82, 2.24) is 20.1 Å². The van der Waals surface area contributed by atoms with Crippen LogP contribution in [0.4, 0.5) is 5.69 Å². The van der Waals surface area contributed by atoms with Gasteiger partial charge in [-0.2, -0.15) is 0 Å². The third-order valence-corrected chi connectivity index (χ3v) is 6.54. The lowest BCUT2D eigenvalue weighted by Gasteiger charge is -2.22. The number of methoxy groups -OCH3 is 1. The number of hydrogen-bond acceptors (Lipinski definition) is 6. The van der Waals surface area contributed by atoms with Crippen LogP contribution in [0, 0.1) is 12.8 Å². The summed E-state index contributed by atoms with van der Waals surface area (Å²) in [6.45, 7) is 8.57. The fourth-order valence-corrected chi connectivity index (χ4v) is 4.55. The summed E-state index contributed by atoms with van der Waals surface area (Å²) in [5.74, 6) is 0.988. The molecule has 10 heteroatoms. The van der Waals surface area contributed by atoms with Gasteiger partial charge in [0.1, 0.15) is 5.75 Å². The Morgan fingerprint density at radius 3 is 2.60 bits per heavy atom. The summed E-state index contributed by atoms with van der Waals surface area (Å²) < 4.78 is 7.21. The zero-order valence-corrected chi connectivity index (χ0v) is 22.0. The molecule has 1 aromatic heterocycles. The standard InChI is InChI=1S/C25H30ClN5O3S/c1-6-31-23(22(15(2)3)28-24(33)17-9-7-8-16(4)12-17)29-30-25(31)35-14-21(32)27-19-13-18(26)10-11-20(19)34-5/h7-13,15,22H,6,14H2,1-5H3,(H,27,32)(H,28,33)/t22-/m0/s1. The fourth-order valence-electron chi connectivity index (χ4n) is 3.57. The number of nitrogens with one attached hydrogen (secondary N) is 2. The second kappa shape index (κ2) is 12.1. The predicted octanol–water partition coefficient (Wildman–Crippen LogP) is 5.13. The molecule has 3 aromatic rings. The number of carbonyl (C=O) groups excluding carboxylic acids is 2. The highest BCUT2D eigenvalue weighted by Gasteiger charge is 2.26. The molecule has 3 rings (SSSR count). The van der Waals surface area contributed by atoms with Gasteiger partial charge in [-0.05, 0) is 50.1 Å². The number of aromatic nitrogens is 3. The van der Waals surface area contributed by atoms with Gasteiger partial charge < -0.3 is 19.9 Å². The number of anilines is 1. The Kier molecular flexibility index (Phi) is 9.17. The largest absolute Gasteiger partial charge is 0.495 e. The summed E-state index contributed by atoms with van der Waals surface area (Å²) in [5.41, 5.74) is 2.12. The van der Waals surface area contributed by atoms with Crippen LogP contribution in [0.3, 0.4) is 0 Å². The van der Waals surface area contributed by atoms with Gasteiger partial charge in [0, 0.05) is 17.1 Å². The molecule has 35 heavy (non-hydrogen) atoms. The van der Waals surface area contributed by atoms with Gasteiger partial charge in [0.25, 0.3) is 5.91 Å². The van der Waals surface area contributed by atoms with E-state index in [9.17, 15) is 9.59 Å². The van der Waals surface area contributed by atoms with Crippen molar-refractivity contribution in [2.75, 3.05) is 18.2 Å². The summed E-state index contributed by atoms with van der Waals surface area (Å²) >= 11 is 7.32. The molecule has 0 saturated heterocycles. The van der Waals surface area contributed by atoms with Crippen LogP contribution >= 0.6 is 23.4 Å². The van der Waals surface area contributed by atoms with E-state index in [1.807, 2.05) is 50.5 Å². The van der Waals surface area contributed by atoms with E-state index in [0.29, 0.717) is 39.5 Å². The van der Waals surface area contributed by atoms with Crippen LogP contribution in [-0.2, 0) is 11.3 Å². The minimum Gasteiger partial charge on any atom is -0.495 e. The number of carbonyl (C=O) groups is 2. The first-order valence-electron chi connectivity index (χ1n) is 11.3. The molecule has 2 N–H and O–H groups in total. The van der Waals surface area contributed by atoms with E-state index in [1.54, 1.807) is 24.3 Å². The number of nitrogens with zero attached hydrogens (tertiary/aromatic N) is 3. The average Bonchev–Trinajstić information content (AvgIpc) is 3.23. The van der Waals surface area contributed by atoms with Crippen LogP contribution in [0.1, 0.15) is 48.6 Å². The first-order valence-corrected chi connectivity index (χ1v) is 12.7. The Morgan fingerprint density at radius 1 is 1.17 bits per heavy atom. The summed E-state index contributed by atoms with van der Waals surface area (Å²) in [5, 5.41) is 15.7. The number of aryl methyl sites for hydroxylation is 1. The van der Waals surface area contributed by atoms with Gasteiger partial charge in [0.15, 0.2) is 11.0 Å². The number of ether oxygens (including phenoxy) is 1. The summed E-state index contributed by atoms with van der Waals surface area (Å²) in [4.78, 5) is 25.5. The zero-order chi connectivity index (χ0) is 25.5. The predicted molar refractivity (Wildman–Crippen MR) is 139 cm³/mol. The molecule has 1 heterocycles. The highest BCUT2D eigenvalue weighted by molar-refractivity contribution is 7.99. The van der Waals surface area contributed by atoms with Crippen LogP contribution < -0.4 is 15.4 Å². The Bertz CT molecular complexity index is 1200. The maximum absolute atomic E-state index is 12.9. The lowest BCUT2D eigenvalue weighted by molar-refractivity contribution is -0.113. The third kappa shape index (κ3) is 6.76. The normalized spacial score (nSPS) is 11.9. The molecular formula is C25H30ClN5O3S. The van der Waals surface area contributed by atoms with Crippen molar-refractivity contribution in [2.45, 2.75) is 45.4 Å². The van der Waals surface area contributed by atoms with Crippen molar-refractivity contribution in [2.24, 2.45) is 5.92 Å². The molecule has 0 aliphatic rings. The van der Waals surface area contributed by atoms with Crippen molar-refractivity contribution in [1.29, 1.82) is 0 Å². The van der Waals surface area contributed by atoms with Gasteiger partial charge in [-0.3, -0.25) is 9.59 Å². The topological polar surface area (TPSA) is 98.1 Å². The van der Waals surface area contributed by atoms with Crippen LogP contribution in [0.15, 0.2) is 47.6 Å². The SMILES string of the molecule is CCn1c(SCC(=O)Nc2cc(Cl)ccc2OC)nnc1[C@@H](NC(=O)c1cccc(C)c1)C(C)C. The van der Waals surface area contributed by atoms with E-state index < -0.39 is 0 Å². The highest BCUT2D eigenvalue weighted by atomic mass is 35.5. The molecule has 2 aromatic carbocycles. The third-order valence-electron chi connectivity index (χ3n) is 5.34. The highest BCUT2D eigenvalue weighted by Crippen LogP contribution is 2.29. The van der Waals surface area contributed by atoms with E-state index in [4.69, 9.17) is 16.3 Å². The Labute approximate surface area is 214 Å². The van der Waals surface area contributed by atoms with E-state index >= 15 is 0 Å². The summed E-state index contributed by atoms with van der Waals surface area (Å²) in [6, 6.07) is 12.1. The zero-order valence-electron chi connectivity index (χ0n) is 20.5. The van der Waals surface area contributed by atoms with Crippen LogP contribution in [0.2, 0.25) is 5.02 Å². The van der Waals surface area contributed by atoms with Gasteiger partial charge in [-0.1, -0.05) is 54.9 Å². The Hall–Kier alpha value is -3.04. The fraction of sp³-hybridized carbons (Fsp3) is 0.360. The molecule has 186 valence electrons. The van der Waals surface area contributed by atoms with E-state index in [1.165, 1.54) is 18.9 Å². The lowest BCUT2D eigenvalue weighted by Crippen LogP contribution is -2.33. The van der Waals surface area contributed by atoms with Crippen molar-refractivity contribution in [3.8, 4) is 5.75 Å². The molecule has 1 atom stereocenters. The van der Waals surface area contributed by atoms with Gasteiger partial charge in [0.05, 0.1) is 24.6 Å². The van der Waals surface area contributed by atoms with Crippen LogP contribution in [0.25, 0.3) is 0 Å². The van der Waals surface area contributed by atoms with Gasteiger partial charge in [-0.15, -0.1) is 10.2 Å². The Balaban J connectivity index is 1.73. The minimum atomic E-state index is -0.339. The minimum absolute atomic E-state index is 0.0784. The van der Waals surface area contributed by atoms with E-state index in [0.717, 1.165) is 5.56 Å². The van der Waals surface area contributed by atoms with Crippen molar-refractivity contribution in [3.05, 3.63) is 64.4 Å². The summed E-state index contributed by atoms with van der Waals surface area (Å²) in [6.07, 6.45) is 0. The average molecular weight is 516 g/mol. The molecule has 0 saturated carbocycles. The first-order chi connectivity index (χ1) is 16.7. The van der Waals surface area contributed by atoms with Gasteiger partial charge in [0.2, 0.25) is 5.91 Å². The van der Waals surface area contributed by atoms with E-state index in [2.05, 4.69) is 20.8 Å². The number of amides is 2. The first kappa shape index (κ1) is 26.6. The van der Waals surface area contributed by atoms with E-state index in [-0.39, 0.29) is 29.5 Å². The number of hydrogen-bond donors (Lipinski definition) is 2. The van der Waals surface area contributed by atoms with Gasteiger partial charge in [-0.25, -0.2) is 0 Å². The number of rotatable bonds is 10. The van der Waals surface area contributed by atoms with Gasteiger partial charge >= 0.3 is 0 Å². The number of thioether (sulfide) groups is 1. The molecule has 0 spiro atoms. The molecule has 0 fully saturated rings. The molecule has 8 nitrogen and oxygen atoms in total. The quantitative estimate of drug-likeness (QED) is 0.363. The molecule has 2 amide bonds. The maximum Gasteiger partial charge on any atom is 0.251 e. The maximum atomic E-state index is 12.9. The molecule has 0 aliphatic heterocycles. The van der Waals surface area contributed by atoms with Crippen molar-refractivity contribution in [3.63, 3.8) is 0 Å². The second-order valence-corrected chi connectivity index (χ2v) is 9.71. The van der Waals surface area contributed by atoms with Crippen LogP contribution in [0.5, 0.6) is 5.75 Å². The van der Waals surface area contributed by atoms with Crippen molar-refractivity contribution < 1.29 is 14.3 Å². The lowest BCUT2D eigenvalue weighted by atomic mass is 10.0. The molecule has 0 aliphatic carbocycles. The second-order valence-electron chi connectivity index (χ2n) is 8.33. The molecule has 0 unspecified atom stereocenters. The smallest absolute Gasteiger partial charge is 0.251 e. The van der Waals surface area contributed by atoms with Crippen molar-refractivity contribution >= 4 is 40.9 Å². The number of benzene rings is 2. The van der Waals surface area contributed by atoms with Crippen LogP contribution in [-0.4, -0.2) is 39.4 Å². The monoisotopic (exact) mass is 515 g/mol. The molecule has 0 bridgehead atoms.